The van der Waals surface area contributed by atoms with Crippen LogP contribution >= 0.6 is 22.6 Å². The van der Waals surface area contributed by atoms with Gasteiger partial charge in [-0.15, -0.1) is 0 Å². The minimum atomic E-state index is -4.62. The largest absolute Gasteiger partial charge is 0.444 e. The van der Waals surface area contributed by atoms with E-state index in [9.17, 15) is 22.8 Å². The van der Waals surface area contributed by atoms with Crippen LogP contribution in [-0.2, 0) is 17.5 Å². The number of hydrogen-bond donors (Lipinski definition) is 1. The third-order valence-corrected chi connectivity index (χ3v) is 6.54. The molecule has 1 aromatic heterocycles. The number of ether oxygens (including phenoxy) is 1. The lowest BCUT2D eigenvalue weighted by Gasteiger charge is -2.36. The summed E-state index contributed by atoms with van der Waals surface area (Å²) in [6.07, 6.45) is -3.47. The van der Waals surface area contributed by atoms with Gasteiger partial charge in [-0.2, -0.15) is 13.2 Å². The highest BCUT2D eigenvalue weighted by Gasteiger charge is 2.35. The van der Waals surface area contributed by atoms with Gasteiger partial charge in [0, 0.05) is 48.1 Å². The molecule has 1 fully saturated rings. The number of nitrogens with zero attached hydrogens (tertiary/aromatic N) is 3. The van der Waals surface area contributed by atoms with E-state index < -0.39 is 29.3 Å². The van der Waals surface area contributed by atoms with Gasteiger partial charge in [0.1, 0.15) is 11.4 Å². The molecular formula is C24H28F3IN4O3. The van der Waals surface area contributed by atoms with Crippen molar-refractivity contribution in [3.05, 3.63) is 56.3 Å². The molecule has 2 amide bonds. The molecule has 0 unspecified atom stereocenters. The number of halogens is 4. The second-order valence-corrected chi connectivity index (χ2v) is 10.5. The first-order chi connectivity index (χ1) is 16.2. The molecule has 11 heteroatoms. The smallest absolute Gasteiger partial charge is 0.416 e. The van der Waals surface area contributed by atoms with Crippen LogP contribution in [0.25, 0.3) is 0 Å². The van der Waals surface area contributed by atoms with Gasteiger partial charge in [0.15, 0.2) is 0 Å². The lowest BCUT2D eigenvalue weighted by atomic mass is 10.0. The number of anilines is 1. The van der Waals surface area contributed by atoms with Crippen LogP contribution in [0.15, 0.2) is 30.5 Å². The molecule has 0 spiro atoms. The summed E-state index contributed by atoms with van der Waals surface area (Å²) in [7, 11) is 0. The fourth-order valence-electron chi connectivity index (χ4n) is 3.53. The summed E-state index contributed by atoms with van der Waals surface area (Å²) in [6.45, 7) is 8.80. The van der Waals surface area contributed by atoms with Crippen molar-refractivity contribution in [1.82, 2.24) is 14.8 Å². The van der Waals surface area contributed by atoms with Crippen LogP contribution in [0, 0.1) is 10.5 Å². The van der Waals surface area contributed by atoms with E-state index in [1.807, 2.05) is 11.8 Å². The van der Waals surface area contributed by atoms with E-state index in [0.29, 0.717) is 26.2 Å². The average Bonchev–Trinajstić information content (AvgIpc) is 2.75. The third-order valence-electron chi connectivity index (χ3n) is 5.37. The van der Waals surface area contributed by atoms with Gasteiger partial charge in [-0.05, 0) is 79.6 Å². The number of benzene rings is 1. The number of aromatic nitrogens is 1. The molecule has 1 N–H and O–H groups in total. The molecule has 1 aromatic carbocycles. The van der Waals surface area contributed by atoms with E-state index in [2.05, 4.69) is 32.9 Å². The minimum absolute atomic E-state index is 0.0522. The van der Waals surface area contributed by atoms with Crippen molar-refractivity contribution in [1.29, 1.82) is 0 Å². The molecule has 0 atom stereocenters. The Morgan fingerprint density at radius 1 is 1.11 bits per heavy atom. The Balaban J connectivity index is 1.70. The highest BCUT2D eigenvalue weighted by molar-refractivity contribution is 14.1. The molecule has 1 aliphatic heterocycles. The summed E-state index contributed by atoms with van der Waals surface area (Å²) in [5.74, 6) is -0.398. The van der Waals surface area contributed by atoms with Gasteiger partial charge in [0.25, 0.3) is 5.91 Å². The molecule has 3 rings (SSSR count). The maximum absolute atomic E-state index is 13.9. The lowest BCUT2D eigenvalue weighted by Crippen LogP contribution is -2.49. The van der Waals surface area contributed by atoms with Gasteiger partial charge in [0.2, 0.25) is 0 Å². The molecule has 1 aliphatic rings. The van der Waals surface area contributed by atoms with Crippen molar-refractivity contribution < 1.29 is 27.5 Å². The monoisotopic (exact) mass is 604 g/mol. The van der Waals surface area contributed by atoms with Gasteiger partial charge in [-0.1, -0.05) is 6.07 Å². The van der Waals surface area contributed by atoms with Crippen molar-refractivity contribution >= 4 is 40.4 Å². The van der Waals surface area contributed by atoms with E-state index in [4.69, 9.17) is 4.74 Å². The highest BCUT2D eigenvalue weighted by Crippen LogP contribution is 2.34. The predicted molar refractivity (Wildman–Crippen MR) is 134 cm³/mol. The molecule has 0 saturated carbocycles. The minimum Gasteiger partial charge on any atom is -0.444 e. The second-order valence-electron chi connectivity index (χ2n) is 9.39. The summed E-state index contributed by atoms with van der Waals surface area (Å²) >= 11 is 2.09. The summed E-state index contributed by atoms with van der Waals surface area (Å²) in [6, 6.07) is 5.25. The fraction of sp³-hybridized carbons (Fsp3) is 0.458. The maximum atomic E-state index is 13.9. The standard InChI is InChI=1S/C24H28F3IN4O3/c1-15-13-29-20(12-19(15)28)30-21(33)16-5-6-17(18(11-16)24(25,26)27)14-31-7-9-32(10-8-31)22(34)35-23(2,3)4/h5-6,11-13H,7-10,14H2,1-4H3,(H,29,30,33). The summed E-state index contributed by atoms with van der Waals surface area (Å²) < 4.78 is 47.8. The highest BCUT2D eigenvalue weighted by atomic mass is 127. The Hall–Kier alpha value is -2.41. The maximum Gasteiger partial charge on any atom is 0.416 e. The normalized spacial score (nSPS) is 15.1. The first-order valence-corrected chi connectivity index (χ1v) is 12.1. The van der Waals surface area contributed by atoms with Crippen LogP contribution in [0.4, 0.5) is 23.8 Å². The van der Waals surface area contributed by atoms with Crippen molar-refractivity contribution in [2.24, 2.45) is 0 Å². The average molecular weight is 604 g/mol. The number of rotatable bonds is 4. The molecule has 0 bridgehead atoms. The van der Waals surface area contributed by atoms with Crippen molar-refractivity contribution in [2.45, 2.75) is 46.0 Å². The quantitative estimate of drug-likeness (QED) is 0.479. The second kappa shape index (κ2) is 10.7. The number of pyridine rings is 1. The number of piperazine rings is 1. The topological polar surface area (TPSA) is 74.8 Å². The number of amides is 2. The van der Waals surface area contributed by atoms with Gasteiger partial charge >= 0.3 is 12.3 Å². The predicted octanol–water partition coefficient (Wildman–Crippen LogP) is 5.32. The molecule has 0 radical (unpaired) electrons. The molecular weight excluding hydrogens is 576 g/mol. The van der Waals surface area contributed by atoms with Crippen LogP contribution in [0.3, 0.4) is 0 Å². The Labute approximate surface area is 216 Å². The number of carbonyl (C=O) groups is 2. The first-order valence-electron chi connectivity index (χ1n) is 11.1. The van der Waals surface area contributed by atoms with E-state index in [-0.39, 0.29) is 23.5 Å². The zero-order valence-electron chi connectivity index (χ0n) is 20.0. The number of alkyl halides is 3. The van der Waals surface area contributed by atoms with Crippen molar-refractivity contribution in [2.75, 3.05) is 31.5 Å². The van der Waals surface area contributed by atoms with E-state index in [1.165, 1.54) is 12.1 Å². The molecule has 2 heterocycles. The lowest BCUT2D eigenvalue weighted by molar-refractivity contribution is -0.138. The van der Waals surface area contributed by atoms with E-state index in [1.54, 1.807) is 37.9 Å². The molecule has 2 aromatic rings. The van der Waals surface area contributed by atoms with Crippen LogP contribution < -0.4 is 5.32 Å². The molecule has 35 heavy (non-hydrogen) atoms. The van der Waals surface area contributed by atoms with E-state index in [0.717, 1.165) is 15.2 Å². The molecule has 0 aliphatic carbocycles. The van der Waals surface area contributed by atoms with Crippen molar-refractivity contribution in [3.8, 4) is 0 Å². The molecule has 1 saturated heterocycles. The van der Waals surface area contributed by atoms with Crippen LogP contribution in [-0.4, -0.2) is 58.6 Å². The van der Waals surface area contributed by atoms with Gasteiger partial charge in [-0.25, -0.2) is 9.78 Å². The van der Waals surface area contributed by atoms with Crippen molar-refractivity contribution in [3.63, 3.8) is 0 Å². The number of nitrogens with one attached hydrogen (secondary N) is 1. The zero-order chi connectivity index (χ0) is 26.0. The Morgan fingerprint density at radius 2 is 1.77 bits per heavy atom. The fourth-order valence-corrected chi connectivity index (χ4v) is 3.97. The van der Waals surface area contributed by atoms with Gasteiger partial charge in [-0.3, -0.25) is 9.69 Å². The Bertz CT molecular complexity index is 1090. The van der Waals surface area contributed by atoms with Gasteiger partial charge in [0.05, 0.1) is 5.56 Å². The molecule has 190 valence electrons. The first kappa shape index (κ1) is 27.2. The van der Waals surface area contributed by atoms with E-state index >= 15 is 0 Å². The Morgan fingerprint density at radius 3 is 2.34 bits per heavy atom. The summed E-state index contributed by atoms with van der Waals surface area (Å²) in [4.78, 5) is 32.3. The zero-order valence-corrected chi connectivity index (χ0v) is 22.2. The number of hydrogen-bond acceptors (Lipinski definition) is 5. The van der Waals surface area contributed by atoms with Crippen LogP contribution in [0.5, 0.6) is 0 Å². The summed E-state index contributed by atoms with van der Waals surface area (Å²) in [5, 5.41) is 2.56. The summed E-state index contributed by atoms with van der Waals surface area (Å²) in [5.41, 5.74) is -0.570. The molecule has 7 nitrogen and oxygen atoms in total. The SMILES string of the molecule is Cc1cnc(NC(=O)c2ccc(CN3CCN(C(=O)OC(C)(C)C)CC3)c(C(F)(F)F)c2)cc1I. The number of aryl methyl sites for hydroxylation is 1. The van der Waals surface area contributed by atoms with Gasteiger partial charge < -0.3 is 15.0 Å². The Kier molecular flexibility index (Phi) is 8.30. The van der Waals surface area contributed by atoms with Crippen LogP contribution in [0.2, 0.25) is 0 Å². The van der Waals surface area contributed by atoms with Crippen LogP contribution in [0.1, 0.15) is 47.8 Å². The third kappa shape index (κ3) is 7.53. The number of carbonyl (C=O) groups excluding carboxylic acids is 2.